The lowest BCUT2D eigenvalue weighted by molar-refractivity contribution is 0.0647. The highest BCUT2D eigenvalue weighted by molar-refractivity contribution is 5.94. The van der Waals surface area contributed by atoms with Gasteiger partial charge in [0.15, 0.2) is 0 Å². The second-order valence-corrected chi connectivity index (χ2v) is 8.50. The maximum atomic E-state index is 13.0. The number of hydrogen-bond acceptors (Lipinski definition) is 5. The Hall–Kier alpha value is -3.72. The fourth-order valence-electron chi connectivity index (χ4n) is 4.32. The van der Waals surface area contributed by atoms with Gasteiger partial charge in [0.2, 0.25) is 0 Å². The largest absolute Gasteiger partial charge is 0.341 e. The Morgan fingerprint density at radius 1 is 1.09 bits per heavy atom. The number of nitrogens with zero attached hydrogens (tertiary/aromatic N) is 5. The van der Waals surface area contributed by atoms with E-state index in [1.807, 2.05) is 47.4 Å². The van der Waals surface area contributed by atoms with E-state index in [9.17, 15) is 9.59 Å². The molecular formula is C25H31N7O2. The van der Waals surface area contributed by atoms with E-state index in [1.165, 1.54) is 6.33 Å². The fourth-order valence-corrected chi connectivity index (χ4v) is 4.32. The molecule has 9 heteroatoms. The normalized spacial score (nSPS) is 14.3. The summed E-state index contributed by atoms with van der Waals surface area (Å²) in [6.07, 6.45) is 5.85. The van der Waals surface area contributed by atoms with Crippen molar-refractivity contribution in [3.05, 3.63) is 72.3 Å². The molecule has 178 valence electrons. The van der Waals surface area contributed by atoms with Crippen LogP contribution in [-0.4, -0.2) is 76.3 Å². The van der Waals surface area contributed by atoms with Gasteiger partial charge in [-0.3, -0.25) is 4.79 Å². The molecule has 9 nitrogen and oxygen atoms in total. The number of para-hydroxylation sites is 1. The average molecular weight is 462 g/mol. The van der Waals surface area contributed by atoms with Crippen molar-refractivity contribution in [3.63, 3.8) is 0 Å². The minimum atomic E-state index is -0.217. The van der Waals surface area contributed by atoms with E-state index >= 15 is 0 Å². The second kappa shape index (κ2) is 10.9. The van der Waals surface area contributed by atoms with Gasteiger partial charge in [-0.2, -0.15) is 5.10 Å². The Labute approximate surface area is 199 Å². The molecule has 2 heterocycles. The van der Waals surface area contributed by atoms with Crippen molar-refractivity contribution in [2.75, 3.05) is 39.0 Å². The number of amides is 3. The molecule has 3 amide bonds. The van der Waals surface area contributed by atoms with Gasteiger partial charge in [0.05, 0.1) is 5.69 Å². The summed E-state index contributed by atoms with van der Waals surface area (Å²) >= 11 is 0. The molecule has 1 fully saturated rings. The van der Waals surface area contributed by atoms with Gasteiger partial charge >= 0.3 is 6.03 Å². The lowest BCUT2D eigenvalue weighted by Crippen LogP contribution is -2.46. The Balaban J connectivity index is 1.27. The zero-order valence-electron chi connectivity index (χ0n) is 19.6. The third-order valence-corrected chi connectivity index (χ3v) is 6.40. The number of aromatic nitrogens is 3. The lowest BCUT2D eigenvalue weighted by Gasteiger charge is -2.37. The highest BCUT2D eigenvalue weighted by Crippen LogP contribution is 2.20. The van der Waals surface area contributed by atoms with Crippen LogP contribution in [-0.2, 0) is 6.42 Å². The summed E-state index contributed by atoms with van der Waals surface area (Å²) in [5, 5.41) is 9.60. The molecule has 0 saturated carbocycles. The molecule has 0 radical (unpaired) electrons. The number of nitrogens with one attached hydrogen (secondary N) is 2. The first kappa shape index (κ1) is 23.4. The first-order chi connectivity index (χ1) is 16.5. The minimum Gasteiger partial charge on any atom is -0.341 e. The SMILES string of the molecule is CNC(=O)Nc1ccccc1CCN(C)C1CCN(C(=O)c2ccc(-n3cncn3)cc2)CC1. The van der Waals surface area contributed by atoms with Crippen molar-refractivity contribution >= 4 is 17.6 Å². The van der Waals surface area contributed by atoms with Crippen molar-refractivity contribution in [2.45, 2.75) is 25.3 Å². The number of piperidine rings is 1. The zero-order chi connectivity index (χ0) is 23.9. The van der Waals surface area contributed by atoms with Crippen molar-refractivity contribution in [2.24, 2.45) is 0 Å². The number of hydrogen-bond donors (Lipinski definition) is 2. The van der Waals surface area contributed by atoms with Crippen LogP contribution in [0.1, 0.15) is 28.8 Å². The van der Waals surface area contributed by atoms with Crippen molar-refractivity contribution in [3.8, 4) is 5.69 Å². The quantitative estimate of drug-likeness (QED) is 0.564. The fraction of sp³-hybridized carbons (Fsp3) is 0.360. The summed E-state index contributed by atoms with van der Waals surface area (Å²) in [7, 11) is 3.75. The molecule has 1 aromatic heterocycles. The van der Waals surface area contributed by atoms with E-state index in [2.05, 4.69) is 38.7 Å². The summed E-state index contributed by atoms with van der Waals surface area (Å²) in [5.74, 6) is 0.0699. The van der Waals surface area contributed by atoms with Crippen LogP contribution < -0.4 is 10.6 Å². The summed E-state index contributed by atoms with van der Waals surface area (Å²) < 4.78 is 1.67. The van der Waals surface area contributed by atoms with Gasteiger partial charge < -0.3 is 20.4 Å². The highest BCUT2D eigenvalue weighted by atomic mass is 16.2. The molecule has 0 unspecified atom stereocenters. The molecular weight excluding hydrogens is 430 g/mol. The predicted octanol–water partition coefficient (Wildman–Crippen LogP) is 2.80. The smallest absolute Gasteiger partial charge is 0.318 e. The maximum Gasteiger partial charge on any atom is 0.318 e. The molecule has 4 rings (SSSR count). The monoisotopic (exact) mass is 461 g/mol. The van der Waals surface area contributed by atoms with Gasteiger partial charge in [-0.05, 0) is 62.2 Å². The molecule has 0 aliphatic carbocycles. The number of carbonyl (C=O) groups is 2. The third kappa shape index (κ3) is 5.60. The van der Waals surface area contributed by atoms with Gasteiger partial charge in [-0.25, -0.2) is 14.5 Å². The van der Waals surface area contributed by atoms with E-state index in [0.717, 1.165) is 55.8 Å². The van der Waals surface area contributed by atoms with E-state index in [4.69, 9.17) is 0 Å². The highest BCUT2D eigenvalue weighted by Gasteiger charge is 2.26. The van der Waals surface area contributed by atoms with Crippen LogP contribution in [0.15, 0.2) is 61.2 Å². The average Bonchev–Trinajstić information content (AvgIpc) is 3.43. The summed E-state index contributed by atoms with van der Waals surface area (Å²) in [5.41, 5.74) is 3.52. The Morgan fingerprint density at radius 3 is 2.50 bits per heavy atom. The van der Waals surface area contributed by atoms with Crippen LogP contribution in [0.25, 0.3) is 5.69 Å². The molecule has 1 aliphatic heterocycles. The van der Waals surface area contributed by atoms with Crippen LogP contribution in [0.4, 0.5) is 10.5 Å². The van der Waals surface area contributed by atoms with Gasteiger partial charge in [-0.15, -0.1) is 0 Å². The van der Waals surface area contributed by atoms with Gasteiger partial charge in [0.25, 0.3) is 5.91 Å². The zero-order valence-corrected chi connectivity index (χ0v) is 19.6. The van der Waals surface area contributed by atoms with Gasteiger partial charge in [0.1, 0.15) is 12.7 Å². The Morgan fingerprint density at radius 2 is 1.82 bits per heavy atom. The first-order valence-electron chi connectivity index (χ1n) is 11.6. The van der Waals surface area contributed by atoms with Crippen LogP contribution in [0, 0.1) is 0 Å². The van der Waals surface area contributed by atoms with Crippen molar-refractivity contribution in [1.29, 1.82) is 0 Å². The summed E-state index contributed by atoms with van der Waals surface area (Å²) in [6.45, 7) is 2.37. The number of rotatable bonds is 7. The first-order valence-corrected chi connectivity index (χ1v) is 11.6. The summed E-state index contributed by atoms with van der Waals surface area (Å²) in [6, 6.07) is 15.6. The lowest BCUT2D eigenvalue weighted by atomic mass is 10.0. The maximum absolute atomic E-state index is 13.0. The molecule has 0 spiro atoms. The molecule has 1 aliphatic rings. The number of anilines is 1. The van der Waals surface area contributed by atoms with Gasteiger partial charge in [-0.1, -0.05) is 18.2 Å². The predicted molar refractivity (Wildman–Crippen MR) is 131 cm³/mol. The second-order valence-electron chi connectivity index (χ2n) is 8.50. The third-order valence-electron chi connectivity index (χ3n) is 6.40. The van der Waals surface area contributed by atoms with Crippen LogP contribution in [0.2, 0.25) is 0 Å². The number of carbonyl (C=O) groups excluding carboxylic acids is 2. The summed E-state index contributed by atoms with van der Waals surface area (Å²) in [4.78, 5) is 32.9. The number of likely N-dealkylation sites (N-methyl/N-ethyl adjacent to an activating group) is 1. The Kier molecular flexibility index (Phi) is 7.54. The van der Waals surface area contributed by atoms with Gasteiger partial charge in [0, 0.05) is 44.0 Å². The van der Waals surface area contributed by atoms with E-state index in [1.54, 1.807) is 18.1 Å². The van der Waals surface area contributed by atoms with Crippen LogP contribution >= 0.6 is 0 Å². The molecule has 34 heavy (non-hydrogen) atoms. The molecule has 3 aromatic rings. The standard InChI is InChI=1S/C25H31N7O2/c1-26-25(34)29-23-6-4-3-5-19(23)11-14-30(2)21-12-15-31(16-13-21)24(33)20-7-9-22(10-8-20)32-18-27-17-28-32/h3-10,17-18,21H,11-16H2,1-2H3,(H2,26,29,34). The Bertz CT molecular complexity index is 1090. The molecule has 2 N–H and O–H groups in total. The van der Waals surface area contributed by atoms with E-state index in [0.29, 0.717) is 11.6 Å². The van der Waals surface area contributed by atoms with Crippen molar-refractivity contribution < 1.29 is 9.59 Å². The topological polar surface area (TPSA) is 95.4 Å². The molecule has 0 bridgehead atoms. The molecule has 2 aromatic carbocycles. The molecule has 1 saturated heterocycles. The number of urea groups is 1. The minimum absolute atomic E-state index is 0.0699. The number of likely N-dealkylation sites (tertiary alicyclic amines) is 1. The van der Waals surface area contributed by atoms with E-state index in [-0.39, 0.29) is 11.9 Å². The van der Waals surface area contributed by atoms with Crippen LogP contribution in [0.5, 0.6) is 0 Å². The van der Waals surface area contributed by atoms with Crippen molar-refractivity contribution in [1.82, 2.24) is 29.9 Å². The van der Waals surface area contributed by atoms with Crippen LogP contribution in [0.3, 0.4) is 0 Å². The molecule has 0 atom stereocenters. The van der Waals surface area contributed by atoms with E-state index < -0.39 is 0 Å². The number of benzene rings is 2.